The van der Waals surface area contributed by atoms with Crippen molar-refractivity contribution in [2.75, 3.05) is 12.3 Å². The zero-order valence-electron chi connectivity index (χ0n) is 20.1. The third-order valence-electron chi connectivity index (χ3n) is 6.08. The summed E-state index contributed by atoms with van der Waals surface area (Å²) in [5.74, 6) is -2.30. The molecule has 1 unspecified atom stereocenters. The van der Waals surface area contributed by atoms with Gasteiger partial charge in [0, 0.05) is 59.9 Å². The van der Waals surface area contributed by atoms with Crippen molar-refractivity contribution in [1.82, 2.24) is 21.0 Å². The van der Waals surface area contributed by atoms with Gasteiger partial charge < -0.3 is 20.8 Å². The van der Waals surface area contributed by atoms with Gasteiger partial charge in [0.1, 0.15) is 0 Å². The fourth-order valence-corrected chi connectivity index (χ4v) is 6.47. The average molecular weight is 558 g/mol. The Labute approximate surface area is 235 Å². The van der Waals surface area contributed by atoms with Gasteiger partial charge in [-0.15, -0.1) is 5.06 Å². The molecule has 3 aliphatic rings. The second-order valence-electron chi connectivity index (χ2n) is 8.73. The van der Waals surface area contributed by atoms with Crippen LogP contribution in [0, 0.1) is 0 Å². The van der Waals surface area contributed by atoms with Gasteiger partial charge in [-0.25, -0.2) is 9.59 Å². The molecule has 0 saturated carbocycles. The summed E-state index contributed by atoms with van der Waals surface area (Å²) >= 11 is 1.85. The first-order valence-corrected chi connectivity index (χ1v) is 14.1. The monoisotopic (exact) mass is 557 g/mol. The number of nitrogens with zero attached hydrogens (tertiary/aromatic N) is 1. The Bertz CT molecular complexity index is 965. The zero-order valence-corrected chi connectivity index (χ0v) is 23.7. The van der Waals surface area contributed by atoms with Crippen LogP contribution in [0.15, 0.2) is 0 Å². The van der Waals surface area contributed by atoms with Crippen LogP contribution in [0.1, 0.15) is 57.8 Å². The van der Waals surface area contributed by atoms with E-state index in [0.717, 1.165) is 25.0 Å². The predicted octanol–water partition coefficient (Wildman–Crippen LogP) is -0.518. The third kappa shape index (κ3) is 8.58. The molecule has 13 nitrogen and oxygen atoms in total. The van der Waals surface area contributed by atoms with Crippen molar-refractivity contribution in [2.45, 2.75) is 80.4 Å². The van der Waals surface area contributed by atoms with Crippen molar-refractivity contribution in [3.8, 4) is 0 Å². The number of nitrogens with one attached hydrogen (secondary N) is 3. The van der Waals surface area contributed by atoms with Crippen LogP contribution in [0.2, 0.25) is 0 Å². The number of unbranched alkanes of at least 4 members (excludes halogenated alkanes) is 3. The van der Waals surface area contributed by atoms with E-state index >= 15 is 0 Å². The van der Waals surface area contributed by atoms with Gasteiger partial charge >= 0.3 is 12.0 Å². The minimum absolute atomic E-state index is 0. The molecular weight excluding hydrogens is 527 g/mol. The number of rotatable bonds is 13. The Balaban J connectivity index is 0.00000456. The number of carbonyl (C=O) groups excluding carboxylic acids is 5. The summed E-state index contributed by atoms with van der Waals surface area (Å²) in [5, 5.41) is 7.20. The van der Waals surface area contributed by atoms with Crippen LogP contribution in [-0.2, 0) is 34.1 Å². The molecule has 0 aromatic carbocycles. The first kappa shape index (κ1) is 30.8. The van der Waals surface area contributed by atoms with E-state index in [0.29, 0.717) is 37.5 Å². The Kier molecular flexibility index (Phi) is 12.0. The van der Waals surface area contributed by atoms with E-state index in [1.54, 1.807) is 0 Å². The molecule has 197 valence electrons. The van der Waals surface area contributed by atoms with E-state index in [4.69, 9.17) is 4.55 Å². The first-order chi connectivity index (χ1) is 16.6. The maximum Gasteiger partial charge on any atom is 0.333 e. The zero-order chi connectivity index (χ0) is 25.6. The van der Waals surface area contributed by atoms with Crippen LogP contribution in [0.3, 0.4) is 0 Å². The number of hydrogen-bond donors (Lipinski definition) is 4. The summed E-state index contributed by atoms with van der Waals surface area (Å²) in [6.45, 7) is 0.451. The van der Waals surface area contributed by atoms with Gasteiger partial charge in [0.15, 0.2) is 5.25 Å². The Hall–Kier alpha value is -1.39. The second-order valence-corrected chi connectivity index (χ2v) is 11.6. The van der Waals surface area contributed by atoms with E-state index in [1.165, 1.54) is 0 Å². The Morgan fingerprint density at radius 3 is 2.50 bits per heavy atom. The molecule has 0 aromatic rings. The molecule has 0 spiro atoms. The molecule has 3 saturated heterocycles. The van der Waals surface area contributed by atoms with Crippen LogP contribution in [0.5, 0.6) is 0 Å². The van der Waals surface area contributed by atoms with Crippen molar-refractivity contribution in [2.24, 2.45) is 0 Å². The first-order valence-electron chi connectivity index (χ1n) is 11.6. The maximum atomic E-state index is 12.0. The number of thioether (sulfide) groups is 1. The number of hydrogen-bond acceptors (Lipinski definition) is 9. The molecule has 0 aliphatic carbocycles. The van der Waals surface area contributed by atoms with Gasteiger partial charge in [0.25, 0.3) is 21.9 Å². The quantitative estimate of drug-likeness (QED) is 0.0754. The molecule has 4 N–H and O–H groups in total. The summed E-state index contributed by atoms with van der Waals surface area (Å²) < 4.78 is 31.1. The predicted molar refractivity (Wildman–Crippen MR) is 129 cm³/mol. The van der Waals surface area contributed by atoms with E-state index in [2.05, 4.69) is 20.8 Å². The van der Waals surface area contributed by atoms with Crippen molar-refractivity contribution in [3.63, 3.8) is 0 Å². The van der Waals surface area contributed by atoms with Crippen LogP contribution in [0.4, 0.5) is 4.79 Å². The number of carbonyl (C=O) groups is 5. The topological polar surface area (TPSA) is 188 Å². The number of hydroxylamine groups is 2. The molecule has 3 heterocycles. The van der Waals surface area contributed by atoms with Gasteiger partial charge in [-0.2, -0.15) is 20.2 Å². The van der Waals surface area contributed by atoms with Crippen molar-refractivity contribution >= 4 is 81.2 Å². The van der Waals surface area contributed by atoms with Crippen LogP contribution >= 0.6 is 11.8 Å². The van der Waals surface area contributed by atoms with E-state index < -0.39 is 39.6 Å². The van der Waals surface area contributed by atoms with E-state index in [-0.39, 0.29) is 65.1 Å². The SMILES string of the molecule is O=C(CCCC[C@@H]1SC[C@@H]2NC(=O)N[C@@H]21)NCCCCCC(=O)ON1C(=O)CC(S(=O)(=O)O)C1=O.[Na]. The van der Waals surface area contributed by atoms with Gasteiger partial charge in [-0.05, 0) is 25.7 Å². The standard InChI is InChI=1S/C20H30N4O9S2.Na/c25-15(7-4-3-6-13-18-12(11-34-13)22-20(29)23-18)21-9-5-1-2-8-17(27)33-24-16(26)10-14(19(24)28)35(30,31)32;/h12-14,18H,1-11H2,(H,21,25)(H2,22,23,29)(H,30,31,32);/t12-,13-,14?,18-;/m0./s1. The van der Waals surface area contributed by atoms with Gasteiger partial charge in [0.05, 0.1) is 18.5 Å². The molecule has 1 radical (unpaired) electrons. The van der Waals surface area contributed by atoms with Crippen LogP contribution in [0.25, 0.3) is 0 Å². The molecular formula is C20H30N4NaO9S2. The third-order valence-corrected chi connectivity index (χ3v) is 8.67. The maximum absolute atomic E-state index is 12.0. The van der Waals surface area contributed by atoms with Gasteiger partial charge in [0.2, 0.25) is 5.91 Å². The Morgan fingerprint density at radius 1 is 1.08 bits per heavy atom. The van der Waals surface area contributed by atoms with Crippen LogP contribution in [-0.4, -0.2) is 112 Å². The van der Waals surface area contributed by atoms with E-state index in [1.807, 2.05) is 11.8 Å². The molecule has 3 rings (SSSR count). The Morgan fingerprint density at radius 2 is 1.81 bits per heavy atom. The van der Waals surface area contributed by atoms with Crippen molar-refractivity contribution in [3.05, 3.63) is 0 Å². The van der Waals surface area contributed by atoms with Crippen LogP contribution < -0.4 is 16.0 Å². The molecule has 4 atom stereocenters. The molecule has 3 aliphatic heterocycles. The van der Waals surface area contributed by atoms with Crippen molar-refractivity contribution < 1.29 is 41.8 Å². The molecule has 3 fully saturated rings. The summed E-state index contributed by atoms with van der Waals surface area (Å²) in [5.41, 5.74) is 0. The summed E-state index contributed by atoms with van der Waals surface area (Å²) in [6.07, 6.45) is 3.76. The summed E-state index contributed by atoms with van der Waals surface area (Å²) in [6, 6.07) is 0.265. The van der Waals surface area contributed by atoms with Gasteiger partial charge in [-0.3, -0.25) is 18.9 Å². The second kappa shape index (κ2) is 14.0. The smallest absolute Gasteiger partial charge is 0.333 e. The largest absolute Gasteiger partial charge is 0.356 e. The molecule has 36 heavy (non-hydrogen) atoms. The number of fused-ring (bicyclic) bond motifs is 1. The number of amides is 5. The normalized spacial score (nSPS) is 25.1. The fourth-order valence-electron chi connectivity index (χ4n) is 4.22. The minimum atomic E-state index is -4.76. The number of urea groups is 1. The summed E-state index contributed by atoms with van der Waals surface area (Å²) in [4.78, 5) is 63.3. The van der Waals surface area contributed by atoms with Crippen molar-refractivity contribution in [1.29, 1.82) is 0 Å². The van der Waals surface area contributed by atoms with E-state index in [9.17, 15) is 32.4 Å². The fraction of sp³-hybridized carbons (Fsp3) is 0.750. The molecule has 16 heteroatoms. The molecule has 0 aromatic heterocycles. The van der Waals surface area contributed by atoms with Gasteiger partial charge in [-0.1, -0.05) is 12.8 Å². The average Bonchev–Trinajstić information content (AvgIpc) is 3.41. The molecule has 0 bridgehead atoms. The molecule has 5 amide bonds. The summed E-state index contributed by atoms with van der Waals surface area (Å²) in [7, 11) is -4.76. The minimum Gasteiger partial charge on any atom is -0.356 e. The number of imide groups is 1.